The van der Waals surface area contributed by atoms with Gasteiger partial charge in [0.2, 0.25) is 5.91 Å². The van der Waals surface area contributed by atoms with Crippen molar-refractivity contribution in [2.75, 3.05) is 5.32 Å². The van der Waals surface area contributed by atoms with E-state index in [1.165, 1.54) is 10.9 Å². The number of aryl methyl sites for hydroxylation is 1. The van der Waals surface area contributed by atoms with E-state index in [2.05, 4.69) is 20.3 Å². The third-order valence-corrected chi connectivity index (χ3v) is 5.32. The van der Waals surface area contributed by atoms with Crippen molar-refractivity contribution in [2.45, 2.75) is 13.5 Å². The van der Waals surface area contributed by atoms with E-state index in [0.29, 0.717) is 27.6 Å². The van der Waals surface area contributed by atoms with E-state index in [9.17, 15) is 18.4 Å². The van der Waals surface area contributed by atoms with Gasteiger partial charge in [-0.25, -0.2) is 18.7 Å². The highest BCUT2D eigenvalue weighted by Gasteiger charge is 2.13. The van der Waals surface area contributed by atoms with Crippen molar-refractivity contribution in [1.82, 2.24) is 19.5 Å². The summed E-state index contributed by atoms with van der Waals surface area (Å²) in [4.78, 5) is 36.8. The van der Waals surface area contributed by atoms with E-state index in [1.807, 2.05) is 13.0 Å². The maximum absolute atomic E-state index is 14.1. The lowest BCUT2D eigenvalue weighted by molar-refractivity contribution is -0.116. The minimum atomic E-state index is -0.603. The van der Waals surface area contributed by atoms with Crippen LogP contribution in [0.2, 0.25) is 0 Å². The maximum Gasteiger partial charge on any atom is 0.261 e. The summed E-state index contributed by atoms with van der Waals surface area (Å²) in [6.07, 6.45) is 1.36. The van der Waals surface area contributed by atoms with Crippen LogP contribution < -0.4 is 10.9 Å². The molecule has 5 aromatic rings. The maximum atomic E-state index is 14.1. The number of anilines is 1. The van der Waals surface area contributed by atoms with Crippen molar-refractivity contribution >= 4 is 33.5 Å². The molecule has 9 heteroatoms. The van der Waals surface area contributed by atoms with Gasteiger partial charge in [0, 0.05) is 5.69 Å². The first kappa shape index (κ1) is 20.5. The first-order valence-corrected chi connectivity index (χ1v) is 10.1. The van der Waals surface area contributed by atoms with Gasteiger partial charge in [-0.1, -0.05) is 12.1 Å². The molecule has 2 N–H and O–H groups in total. The van der Waals surface area contributed by atoms with Gasteiger partial charge in [0.05, 0.1) is 33.8 Å². The van der Waals surface area contributed by atoms with Crippen molar-refractivity contribution in [3.8, 4) is 11.4 Å². The molecular weight excluding hydrogens is 428 g/mol. The van der Waals surface area contributed by atoms with Crippen molar-refractivity contribution in [3.63, 3.8) is 0 Å². The molecule has 0 radical (unpaired) electrons. The van der Waals surface area contributed by atoms with Crippen LogP contribution in [0.1, 0.15) is 5.56 Å². The van der Waals surface area contributed by atoms with E-state index < -0.39 is 17.5 Å². The number of H-pyrrole nitrogens is 1. The number of nitrogens with one attached hydrogen (secondary N) is 2. The lowest BCUT2D eigenvalue weighted by atomic mass is 10.1. The number of rotatable bonds is 4. The largest absolute Gasteiger partial charge is 0.338 e. The number of carbonyl (C=O) groups excluding carboxylic acids is 1. The summed E-state index contributed by atoms with van der Waals surface area (Å²) in [5.74, 6) is -1.42. The second kappa shape index (κ2) is 7.94. The third-order valence-electron chi connectivity index (χ3n) is 5.32. The number of para-hydroxylation sites is 1. The summed E-state index contributed by atoms with van der Waals surface area (Å²) in [6.45, 7) is 1.65. The van der Waals surface area contributed by atoms with Gasteiger partial charge in [0.15, 0.2) is 0 Å². The van der Waals surface area contributed by atoms with Crippen LogP contribution in [0.4, 0.5) is 14.5 Å². The van der Waals surface area contributed by atoms with Crippen molar-refractivity contribution in [3.05, 3.63) is 88.5 Å². The summed E-state index contributed by atoms with van der Waals surface area (Å²) in [6, 6.07) is 13.4. The molecule has 0 saturated heterocycles. The van der Waals surface area contributed by atoms with Gasteiger partial charge in [-0.3, -0.25) is 14.2 Å². The highest BCUT2D eigenvalue weighted by atomic mass is 19.1. The lowest BCUT2D eigenvalue weighted by Gasteiger charge is -2.09. The van der Waals surface area contributed by atoms with E-state index >= 15 is 0 Å². The van der Waals surface area contributed by atoms with Gasteiger partial charge >= 0.3 is 0 Å². The Hall–Kier alpha value is -4.40. The summed E-state index contributed by atoms with van der Waals surface area (Å²) in [5, 5.41) is 3.18. The number of aromatic amines is 1. The number of halogens is 2. The molecule has 0 aliphatic rings. The first-order chi connectivity index (χ1) is 15.9. The van der Waals surface area contributed by atoms with E-state index in [-0.39, 0.29) is 23.5 Å². The predicted molar refractivity (Wildman–Crippen MR) is 121 cm³/mol. The predicted octanol–water partition coefficient (Wildman–Crippen LogP) is 4.17. The summed E-state index contributed by atoms with van der Waals surface area (Å²) < 4.78 is 28.8. The molecule has 0 fully saturated rings. The average molecular weight is 445 g/mol. The van der Waals surface area contributed by atoms with Crippen molar-refractivity contribution in [1.29, 1.82) is 0 Å². The normalized spacial score (nSPS) is 11.2. The van der Waals surface area contributed by atoms with Crippen LogP contribution in [0.5, 0.6) is 0 Å². The number of amides is 1. The van der Waals surface area contributed by atoms with Crippen LogP contribution in [0.3, 0.4) is 0 Å². The molecule has 1 amide bonds. The molecule has 2 heterocycles. The molecule has 0 saturated carbocycles. The molecule has 0 unspecified atom stereocenters. The zero-order valence-electron chi connectivity index (χ0n) is 17.4. The SMILES string of the molecule is Cc1cccc2c(=O)n(CC(=O)Nc3ccc4nc(-c5cc(F)ccc5F)[nH]c4c3)cnc12. The zero-order chi connectivity index (χ0) is 23.1. The van der Waals surface area contributed by atoms with E-state index in [1.54, 1.807) is 30.3 Å². The Balaban J connectivity index is 1.39. The quantitative estimate of drug-likeness (QED) is 0.434. The van der Waals surface area contributed by atoms with Gasteiger partial charge in [-0.05, 0) is 55.0 Å². The summed E-state index contributed by atoms with van der Waals surface area (Å²) >= 11 is 0. The molecule has 0 atom stereocenters. The Kier molecular flexibility index (Phi) is 4.93. The Morgan fingerprint density at radius 1 is 1.12 bits per heavy atom. The molecule has 0 spiro atoms. The average Bonchev–Trinajstić information content (AvgIpc) is 3.21. The lowest BCUT2D eigenvalue weighted by Crippen LogP contribution is -2.28. The Bertz CT molecular complexity index is 1610. The molecule has 5 rings (SSSR count). The molecule has 164 valence electrons. The number of fused-ring (bicyclic) bond motifs is 2. The van der Waals surface area contributed by atoms with Gasteiger partial charge in [0.1, 0.15) is 24.0 Å². The van der Waals surface area contributed by atoms with Crippen LogP contribution in [0.25, 0.3) is 33.3 Å². The van der Waals surface area contributed by atoms with Gasteiger partial charge in [-0.15, -0.1) is 0 Å². The molecule has 3 aromatic carbocycles. The molecule has 7 nitrogen and oxygen atoms in total. The molecular formula is C24H17F2N5O2. The first-order valence-electron chi connectivity index (χ1n) is 10.1. The van der Waals surface area contributed by atoms with Crippen LogP contribution >= 0.6 is 0 Å². The fourth-order valence-electron chi connectivity index (χ4n) is 3.70. The van der Waals surface area contributed by atoms with E-state index in [4.69, 9.17) is 0 Å². The standard InChI is InChI=1S/C24H17F2N5O2/c1-13-3-2-4-16-22(13)27-12-31(24(16)33)11-21(32)28-15-6-8-19-20(10-15)30-23(29-19)17-9-14(25)5-7-18(17)26/h2-10,12H,11H2,1H3,(H,28,32)(H,29,30). The zero-order valence-corrected chi connectivity index (χ0v) is 17.4. The highest BCUT2D eigenvalue weighted by molar-refractivity contribution is 5.93. The molecule has 0 bridgehead atoms. The van der Waals surface area contributed by atoms with Crippen LogP contribution in [0, 0.1) is 18.6 Å². The number of hydrogen-bond acceptors (Lipinski definition) is 4. The third kappa shape index (κ3) is 3.84. The van der Waals surface area contributed by atoms with Crippen LogP contribution in [0.15, 0.2) is 65.7 Å². The minimum absolute atomic E-state index is 0.00945. The molecule has 0 aliphatic heterocycles. The second-order valence-corrected chi connectivity index (χ2v) is 7.64. The van der Waals surface area contributed by atoms with Crippen LogP contribution in [-0.4, -0.2) is 25.4 Å². The van der Waals surface area contributed by atoms with Gasteiger partial charge < -0.3 is 10.3 Å². The minimum Gasteiger partial charge on any atom is -0.338 e. The number of benzene rings is 3. The summed E-state index contributed by atoms with van der Waals surface area (Å²) in [7, 11) is 0. The Morgan fingerprint density at radius 3 is 2.82 bits per heavy atom. The smallest absolute Gasteiger partial charge is 0.261 e. The fourth-order valence-corrected chi connectivity index (χ4v) is 3.70. The fraction of sp³-hybridized carbons (Fsp3) is 0.0833. The van der Waals surface area contributed by atoms with Crippen molar-refractivity contribution in [2.24, 2.45) is 0 Å². The second-order valence-electron chi connectivity index (χ2n) is 7.64. The van der Waals surface area contributed by atoms with E-state index in [0.717, 1.165) is 23.8 Å². The molecule has 2 aromatic heterocycles. The Labute approximate surface area is 185 Å². The number of aromatic nitrogens is 4. The van der Waals surface area contributed by atoms with Crippen LogP contribution in [-0.2, 0) is 11.3 Å². The number of carbonyl (C=O) groups is 1. The number of nitrogens with zero attached hydrogens (tertiary/aromatic N) is 3. The van der Waals surface area contributed by atoms with Crippen molar-refractivity contribution < 1.29 is 13.6 Å². The highest BCUT2D eigenvalue weighted by Crippen LogP contribution is 2.25. The Morgan fingerprint density at radius 2 is 1.97 bits per heavy atom. The number of hydrogen-bond donors (Lipinski definition) is 2. The summed E-state index contributed by atoms with van der Waals surface area (Å²) in [5.41, 5.74) is 2.71. The topological polar surface area (TPSA) is 92.7 Å². The molecule has 33 heavy (non-hydrogen) atoms. The monoisotopic (exact) mass is 445 g/mol. The number of imidazole rings is 1. The van der Waals surface area contributed by atoms with Gasteiger partial charge in [-0.2, -0.15) is 0 Å². The van der Waals surface area contributed by atoms with Gasteiger partial charge in [0.25, 0.3) is 5.56 Å². The molecule has 0 aliphatic carbocycles.